The van der Waals surface area contributed by atoms with E-state index in [0.717, 1.165) is 12.0 Å². The van der Waals surface area contributed by atoms with Crippen molar-refractivity contribution in [1.82, 2.24) is 4.90 Å². The predicted octanol–water partition coefficient (Wildman–Crippen LogP) is 1.72. The van der Waals surface area contributed by atoms with E-state index < -0.39 is 11.9 Å². The van der Waals surface area contributed by atoms with Crippen LogP contribution in [0.25, 0.3) is 0 Å². The Morgan fingerprint density at radius 2 is 1.89 bits per heavy atom. The molecule has 1 aliphatic heterocycles. The maximum absolute atomic E-state index is 12.1. The van der Waals surface area contributed by atoms with E-state index in [-0.39, 0.29) is 5.91 Å². The Hall–Kier alpha value is -1.84. The number of carbonyl (C=O) groups excluding carboxylic acids is 1. The van der Waals surface area contributed by atoms with E-state index in [1.165, 1.54) is 5.56 Å². The molecule has 2 rings (SSSR count). The highest BCUT2D eigenvalue weighted by molar-refractivity contribution is 5.80. The van der Waals surface area contributed by atoms with E-state index in [1.54, 1.807) is 4.90 Å². The lowest BCUT2D eigenvalue weighted by Crippen LogP contribution is -2.31. The monoisotopic (exact) mass is 261 g/mol. The van der Waals surface area contributed by atoms with Crippen LogP contribution in [0.15, 0.2) is 24.3 Å². The molecule has 1 aliphatic rings. The van der Waals surface area contributed by atoms with Gasteiger partial charge in [-0.15, -0.1) is 0 Å². The van der Waals surface area contributed by atoms with E-state index in [4.69, 9.17) is 5.11 Å². The van der Waals surface area contributed by atoms with Crippen LogP contribution >= 0.6 is 0 Å². The second kappa shape index (κ2) is 5.87. The molecule has 0 radical (unpaired) electrons. The minimum Gasteiger partial charge on any atom is -0.481 e. The molecule has 1 atom stereocenters. The van der Waals surface area contributed by atoms with E-state index in [0.29, 0.717) is 25.9 Å². The van der Waals surface area contributed by atoms with Gasteiger partial charge in [-0.3, -0.25) is 9.59 Å². The average Bonchev–Trinajstić information content (AvgIpc) is 2.89. The molecule has 102 valence electrons. The summed E-state index contributed by atoms with van der Waals surface area (Å²) >= 11 is 0. The number of carboxylic acids is 1. The minimum atomic E-state index is -0.803. The van der Waals surface area contributed by atoms with Gasteiger partial charge in [0.25, 0.3) is 0 Å². The van der Waals surface area contributed by atoms with Gasteiger partial charge in [0.15, 0.2) is 0 Å². The number of nitrogens with zero attached hydrogens (tertiary/aromatic N) is 1. The molecule has 1 N–H and O–H groups in total. The van der Waals surface area contributed by atoms with Gasteiger partial charge in [0, 0.05) is 13.1 Å². The molecule has 1 fully saturated rings. The number of carboxylic acid groups (broad SMARTS) is 1. The highest BCUT2D eigenvalue weighted by Crippen LogP contribution is 2.17. The molecule has 0 spiro atoms. The van der Waals surface area contributed by atoms with Crippen molar-refractivity contribution >= 4 is 11.9 Å². The van der Waals surface area contributed by atoms with Gasteiger partial charge >= 0.3 is 5.97 Å². The van der Waals surface area contributed by atoms with Crippen molar-refractivity contribution in [2.24, 2.45) is 5.92 Å². The zero-order chi connectivity index (χ0) is 13.8. The number of carbonyl (C=O) groups is 2. The summed E-state index contributed by atoms with van der Waals surface area (Å²) in [4.78, 5) is 24.6. The van der Waals surface area contributed by atoms with E-state index >= 15 is 0 Å². The van der Waals surface area contributed by atoms with E-state index in [2.05, 4.69) is 6.92 Å². The van der Waals surface area contributed by atoms with Crippen molar-refractivity contribution in [2.75, 3.05) is 13.1 Å². The largest absolute Gasteiger partial charge is 0.481 e. The van der Waals surface area contributed by atoms with Gasteiger partial charge in [-0.2, -0.15) is 0 Å². The van der Waals surface area contributed by atoms with Crippen molar-refractivity contribution < 1.29 is 14.7 Å². The number of aryl methyl sites for hydroxylation is 1. The Bertz CT molecular complexity index is 467. The number of hydrogen-bond donors (Lipinski definition) is 1. The summed E-state index contributed by atoms with van der Waals surface area (Å²) in [6.45, 7) is 3.00. The molecule has 1 aromatic rings. The normalized spacial score (nSPS) is 18.6. The van der Waals surface area contributed by atoms with Crippen LogP contribution in [0.4, 0.5) is 0 Å². The van der Waals surface area contributed by atoms with Crippen molar-refractivity contribution in [1.29, 1.82) is 0 Å². The molecular formula is C15H19NO3. The molecular weight excluding hydrogens is 242 g/mol. The van der Waals surface area contributed by atoms with Crippen LogP contribution in [0.2, 0.25) is 0 Å². The fraction of sp³-hybridized carbons (Fsp3) is 0.467. The molecule has 0 aliphatic carbocycles. The highest BCUT2D eigenvalue weighted by Gasteiger charge is 2.30. The third-order valence-electron chi connectivity index (χ3n) is 3.68. The van der Waals surface area contributed by atoms with Crippen molar-refractivity contribution in [3.8, 4) is 0 Å². The predicted molar refractivity (Wildman–Crippen MR) is 71.8 cm³/mol. The fourth-order valence-corrected chi connectivity index (χ4v) is 2.37. The average molecular weight is 261 g/mol. The van der Waals surface area contributed by atoms with Gasteiger partial charge in [0.1, 0.15) is 0 Å². The van der Waals surface area contributed by atoms with Crippen LogP contribution in [0.1, 0.15) is 24.5 Å². The summed E-state index contributed by atoms with van der Waals surface area (Å²) < 4.78 is 0. The van der Waals surface area contributed by atoms with Gasteiger partial charge in [-0.1, -0.05) is 31.2 Å². The zero-order valence-electron chi connectivity index (χ0n) is 11.1. The number of rotatable bonds is 4. The summed E-state index contributed by atoms with van der Waals surface area (Å²) in [5.41, 5.74) is 2.24. The maximum atomic E-state index is 12.1. The molecule has 0 unspecified atom stereocenters. The number of benzene rings is 1. The first kappa shape index (κ1) is 13.6. The molecule has 0 aromatic heterocycles. The molecule has 19 heavy (non-hydrogen) atoms. The van der Waals surface area contributed by atoms with Gasteiger partial charge in [0.05, 0.1) is 12.3 Å². The molecule has 1 heterocycles. The van der Waals surface area contributed by atoms with Crippen molar-refractivity contribution in [3.63, 3.8) is 0 Å². The Morgan fingerprint density at radius 1 is 1.26 bits per heavy atom. The van der Waals surface area contributed by atoms with Crippen LogP contribution in [-0.2, 0) is 22.4 Å². The van der Waals surface area contributed by atoms with Gasteiger partial charge < -0.3 is 10.0 Å². The number of aliphatic carboxylic acids is 1. The lowest BCUT2D eigenvalue weighted by atomic mass is 10.1. The lowest BCUT2D eigenvalue weighted by Gasteiger charge is -2.15. The molecule has 0 bridgehead atoms. The lowest BCUT2D eigenvalue weighted by molar-refractivity contribution is -0.141. The maximum Gasteiger partial charge on any atom is 0.308 e. The second-order valence-corrected chi connectivity index (χ2v) is 5.01. The van der Waals surface area contributed by atoms with Crippen LogP contribution < -0.4 is 0 Å². The van der Waals surface area contributed by atoms with E-state index in [1.807, 2.05) is 24.3 Å². The van der Waals surface area contributed by atoms with Crippen LogP contribution in [0, 0.1) is 5.92 Å². The number of hydrogen-bond acceptors (Lipinski definition) is 2. The summed E-state index contributed by atoms with van der Waals surface area (Å²) in [6.07, 6.45) is 1.91. The fourth-order valence-electron chi connectivity index (χ4n) is 2.37. The molecule has 1 amide bonds. The first-order valence-electron chi connectivity index (χ1n) is 6.68. The first-order chi connectivity index (χ1) is 9.10. The van der Waals surface area contributed by atoms with Gasteiger partial charge in [-0.05, 0) is 24.0 Å². The topological polar surface area (TPSA) is 57.6 Å². The van der Waals surface area contributed by atoms with Crippen LogP contribution in [0.3, 0.4) is 0 Å². The summed E-state index contributed by atoms with van der Waals surface area (Å²) in [5, 5.41) is 8.92. The highest BCUT2D eigenvalue weighted by atomic mass is 16.4. The Balaban J connectivity index is 1.92. The zero-order valence-corrected chi connectivity index (χ0v) is 11.1. The third-order valence-corrected chi connectivity index (χ3v) is 3.68. The molecule has 4 nitrogen and oxygen atoms in total. The summed E-state index contributed by atoms with van der Waals surface area (Å²) in [6, 6.07) is 8.02. The molecule has 0 saturated carbocycles. The molecule has 1 saturated heterocycles. The smallest absolute Gasteiger partial charge is 0.308 e. The number of likely N-dealkylation sites (tertiary alicyclic amines) is 1. The first-order valence-corrected chi connectivity index (χ1v) is 6.68. The second-order valence-electron chi connectivity index (χ2n) is 5.01. The molecule has 1 aromatic carbocycles. The summed E-state index contributed by atoms with van der Waals surface area (Å²) in [5.74, 6) is -1.18. The van der Waals surface area contributed by atoms with Gasteiger partial charge in [-0.25, -0.2) is 0 Å². The van der Waals surface area contributed by atoms with E-state index in [9.17, 15) is 9.59 Å². The third kappa shape index (κ3) is 3.34. The van der Waals surface area contributed by atoms with Gasteiger partial charge in [0.2, 0.25) is 5.91 Å². The standard InChI is InChI=1S/C15H19NO3/c1-2-11-3-5-12(6-4-11)9-14(17)16-8-7-13(10-16)15(18)19/h3-6,13H,2,7-10H2,1H3,(H,18,19)/t13-/m0/s1. The van der Waals surface area contributed by atoms with Crippen molar-refractivity contribution in [2.45, 2.75) is 26.2 Å². The Labute approximate surface area is 113 Å². The SMILES string of the molecule is CCc1ccc(CC(=O)N2CC[C@H](C(=O)O)C2)cc1. The quantitative estimate of drug-likeness (QED) is 0.898. The Kier molecular flexibility index (Phi) is 4.20. The minimum absolute atomic E-state index is 0.0213. The number of amides is 1. The van der Waals surface area contributed by atoms with Crippen molar-refractivity contribution in [3.05, 3.63) is 35.4 Å². The van der Waals surface area contributed by atoms with Crippen LogP contribution in [0.5, 0.6) is 0 Å². The summed E-state index contributed by atoms with van der Waals surface area (Å²) in [7, 11) is 0. The Morgan fingerprint density at radius 3 is 2.42 bits per heavy atom. The molecule has 4 heteroatoms. The van der Waals surface area contributed by atoms with Crippen LogP contribution in [-0.4, -0.2) is 35.0 Å².